The first-order valence-electron chi connectivity index (χ1n) is 8.37. The van der Waals surface area contributed by atoms with Crippen LogP contribution < -0.4 is 10.0 Å². The molecule has 1 fully saturated rings. The normalized spacial score (nSPS) is 21.9. The Morgan fingerprint density at radius 1 is 1.04 bits per heavy atom. The fraction of sp³-hybridized carbons (Fsp3) is 0.333. The van der Waals surface area contributed by atoms with Crippen molar-refractivity contribution >= 4 is 31.2 Å². The molecule has 0 bridgehead atoms. The zero-order valence-electron chi connectivity index (χ0n) is 15.0. The van der Waals surface area contributed by atoms with E-state index in [0.29, 0.717) is 5.69 Å². The molecule has 1 saturated heterocycles. The third-order valence-electron chi connectivity index (χ3n) is 4.78. The zero-order valence-corrected chi connectivity index (χ0v) is 16.7. The summed E-state index contributed by atoms with van der Waals surface area (Å²) in [6.45, 7) is 3.67. The third kappa shape index (κ3) is 3.80. The van der Waals surface area contributed by atoms with Crippen molar-refractivity contribution in [1.82, 2.24) is 0 Å². The molecule has 7 nitrogen and oxygen atoms in total. The van der Waals surface area contributed by atoms with Gasteiger partial charge in [-0.3, -0.25) is 4.31 Å². The number of rotatable bonds is 4. The van der Waals surface area contributed by atoms with E-state index in [-0.39, 0.29) is 10.6 Å². The quantitative estimate of drug-likeness (QED) is 0.732. The fourth-order valence-electron chi connectivity index (χ4n) is 3.15. The van der Waals surface area contributed by atoms with E-state index in [0.717, 1.165) is 15.4 Å². The summed E-state index contributed by atoms with van der Waals surface area (Å²) in [5.41, 5.74) is 8.13. The minimum absolute atomic E-state index is 0.0407. The zero-order chi connectivity index (χ0) is 20.0. The molecule has 2 aromatic carbocycles. The molecular weight excluding hydrogens is 388 g/mol. The lowest BCUT2D eigenvalue weighted by atomic mass is 10.1. The van der Waals surface area contributed by atoms with Gasteiger partial charge in [0.25, 0.3) is 10.0 Å². The number of aryl methyl sites for hydroxylation is 2. The monoisotopic (exact) mass is 410 g/mol. The molecule has 1 heterocycles. The molecule has 2 atom stereocenters. The van der Waals surface area contributed by atoms with Crippen LogP contribution >= 0.6 is 0 Å². The van der Waals surface area contributed by atoms with Crippen LogP contribution in [0.4, 0.5) is 11.4 Å². The Bertz CT molecular complexity index is 1060. The largest absolute Gasteiger partial charge is 0.399 e. The smallest absolute Gasteiger partial charge is 0.264 e. The van der Waals surface area contributed by atoms with Gasteiger partial charge in [0.2, 0.25) is 0 Å². The summed E-state index contributed by atoms with van der Waals surface area (Å²) in [5, 5.41) is 10.3. The van der Waals surface area contributed by atoms with Crippen LogP contribution in [0.25, 0.3) is 0 Å². The van der Waals surface area contributed by atoms with Crippen molar-refractivity contribution in [3.05, 3.63) is 53.6 Å². The number of nitrogen functional groups attached to an aromatic ring is 1. The average Bonchev–Trinajstić information content (AvgIpc) is 2.84. The topological polar surface area (TPSA) is 118 Å². The van der Waals surface area contributed by atoms with Crippen molar-refractivity contribution in [2.24, 2.45) is 0 Å². The van der Waals surface area contributed by atoms with Gasteiger partial charge in [-0.1, -0.05) is 6.07 Å². The Hall–Kier alpha value is -2.10. The summed E-state index contributed by atoms with van der Waals surface area (Å²) < 4.78 is 51.8. The molecule has 0 aliphatic carbocycles. The number of aliphatic hydroxyl groups excluding tert-OH is 1. The highest BCUT2D eigenvalue weighted by molar-refractivity contribution is 7.93. The summed E-state index contributed by atoms with van der Waals surface area (Å²) in [7, 11) is -7.65. The van der Waals surface area contributed by atoms with Gasteiger partial charge < -0.3 is 10.8 Å². The maximum atomic E-state index is 13.4. The van der Waals surface area contributed by atoms with Crippen molar-refractivity contribution < 1.29 is 21.9 Å². The highest BCUT2D eigenvalue weighted by Crippen LogP contribution is 2.32. The molecule has 27 heavy (non-hydrogen) atoms. The van der Waals surface area contributed by atoms with E-state index in [1.165, 1.54) is 30.3 Å². The van der Waals surface area contributed by atoms with Gasteiger partial charge in [-0.15, -0.1) is 0 Å². The Morgan fingerprint density at radius 3 is 2.19 bits per heavy atom. The molecule has 0 spiro atoms. The van der Waals surface area contributed by atoms with Crippen LogP contribution in [0, 0.1) is 13.8 Å². The van der Waals surface area contributed by atoms with Crippen LogP contribution in [0.15, 0.2) is 47.4 Å². The number of hydrogen-bond donors (Lipinski definition) is 2. The number of nitrogens with two attached hydrogens (primary N) is 1. The second-order valence-electron chi connectivity index (χ2n) is 6.85. The van der Waals surface area contributed by atoms with Crippen LogP contribution in [0.5, 0.6) is 0 Å². The van der Waals surface area contributed by atoms with Gasteiger partial charge >= 0.3 is 0 Å². The van der Waals surface area contributed by atoms with E-state index in [2.05, 4.69) is 0 Å². The maximum absolute atomic E-state index is 13.4. The lowest BCUT2D eigenvalue weighted by Gasteiger charge is -2.31. The minimum Gasteiger partial charge on any atom is -0.399 e. The average molecular weight is 411 g/mol. The summed E-state index contributed by atoms with van der Waals surface area (Å²) in [4.78, 5) is 0.0407. The second-order valence-corrected chi connectivity index (χ2v) is 10.8. The van der Waals surface area contributed by atoms with Gasteiger partial charge in [0.05, 0.1) is 34.2 Å². The van der Waals surface area contributed by atoms with Gasteiger partial charge in [0.1, 0.15) is 0 Å². The first kappa shape index (κ1) is 19.7. The van der Waals surface area contributed by atoms with Gasteiger partial charge in [-0.25, -0.2) is 16.8 Å². The Morgan fingerprint density at radius 2 is 1.67 bits per heavy atom. The van der Waals surface area contributed by atoms with E-state index in [1.54, 1.807) is 19.1 Å². The summed E-state index contributed by atoms with van der Waals surface area (Å²) in [6.07, 6.45) is -1.31. The van der Waals surface area contributed by atoms with E-state index in [4.69, 9.17) is 5.73 Å². The van der Waals surface area contributed by atoms with Crippen molar-refractivity contribution in [3.8, 4) is 0 Å². The number of benzene rings is 2. The molecule has 0 aromatic heterocycles. The lowest BCUT2D eigenvalue weighted by Crippen LogP contribution is -2.47. The van der Waals surface area contributed by atoms with Gasteiger partial charge in [-0.2, -0.15) is 0 Å². The molecule has 0 saturated carbocycles. The molecule has 2 aromatic rings. The third-order valence-corrected chi connectivity index (χ3v) is 8.33. The SMILES string of the molecule is Cc1ccc(S(=O)(=O)N(c2ccc(N)cc2)[C@H]2CS(=O)(=O)C[C@@H]2O)cc1C. The maximum Gasteiger partial charge on any atom is 0.264 e. The van der Waals surface area contributed by atoms with E-state index >= 15 is 0 Å². The van der Waals surface area contributed by atoms with Crippen LogP contribution in [-0.4, -0.2) is 45.6 Å². The predicted molar refractivity (Wildman–Crippen MR) is 105 cm³/mol. The highest BCUT2D eigenvalue weighted by atomic mass is 32.2. The lowest BCUT2D eigenvalue weighted by molar-refractivity contribution is 0.184. The summed E-state index contributed by atoms with van der Waals surface area (Å²) >= 11 is 0. The molecule has 3 N–H and O–H groups in total. The van der Waals surface area contributed by atoms with Crippen molar-refractivity contribution in [2.45, 2.75) is 30.9 Å². The first-order chi connectivity index (χ1) is 12.5. The molecule has 0 amide bonds. The van der Waals surface area contributed by atoms with E-state index in [9.17, 15) is 21.9 Å². The van der Waals surface area contributed by atoms with Crippen molar-refractivity contribution in [1.29, 1.82) is 0 Å². The number of sulfone groups is 1. The van der Waals surface area contributed by atoms with Gasteiger partial charge in [0, 0.05) is 5.69 Å². The van der Waals surface area contributed by atoms with E-state index in [1.807, 2.05) is 6.92 Å². The minimum atomic E-state index is -4.10. The van der Waals surface area contributed by atoms with E-state index < -0.39 is 43.5 Å². The number of hydrogen-bond acceptors (Lipinski definition) is 6. The van der Waals surface area contributed by atoms with Crippen LogP contribution in [0.2, 0.25) is 0 Å². The highest BCUT2D eigenvalue weighted by Gasteiger charge is 2.45. The molecule has 3 rings (SSSR count). The number of anilines is 2. The molecule has 1 aliphatic rings. The van der Waals surface area contributed by atoms with Gasteiger partial charge in [0.15, 0.2) is 9.84 Å². The van der Waals surface area contributed by atoms with Crippen LogP contribution in [0.1, 0.15) is 11.1 Å². The molecule has 1 aliphatic heterocycles. The van der Waals surface area contributed by atoms with Crippen LogP contribution in [-0.2, 0) is 19.9 Å². The second kappa shape index (κ2) is 6.81. The molecule has 9 heteroatoms. The Labute approximate surface area is 159 Å². The van der Waals surface area contributed by atoms with Crippen molar-refractivity contribution in [2.75, 3.05) is 21.5 Å². The molecule has 146 valence electrons. The molecular formula is C18H22N2O5S2. The molecule has 0 unspecified atom stereocenters. The summed E-state index contributed by atoms with van der Waals surface area (Å²) in [5.74, 6) is -0.909. The van der Waals surface area contributed by atoms with Crippen molar-refractivity contribution in [3.63, 3.8) is 0 Å². The summed E-state index contributed by atoms with van der Waals surface area (Å²) in [6, 6.07) is 9.71. The first-order valence-corrected chi connectivity index (χ1v) is 11.6. The fourth-order valence-corrected chi connectivity index (χ4v) is 6.78. The number of aliphatic hydroxyl groups is 1. The van der Waals surface area contributed by atoms with Gasteiger partial charge in [-0.05, 0) is 61.4 Å². The van der Waals surface area contributed by atoms with Crippen LogP contribution in [0.3, 0.4) is 0 Å². The Balaban J connectivity index is 2.17. The molecule has 0 radical (unpaired) electrons. The number of sulfonamides is 1. The standard InChI is InChI=1S/C18H22N2O5S2/c1-12-3-8-16(9-13(12)2)27(24,25)20(15-6-4-14(19)5-7-15)17-10-26(22,23)11-18(17)21/h3-9,17-18,21H,10-11,19H2,1-2H3/t17-,18-/m0/s1. The number of nitrogens with zero attached hydrogens (tertiary/aromatic N) is 1. The predicted octanol–water partition coefficient (Wildman–Crippen LogP) is 1.24. The Kier molecular flexibility index (Phi) is 4.96.